The summed E-state index contributed by atoms with van der Waals surface area (Å²) in [5.74, 6) is -5.88. The third kappa shape index (κ3) is 14.4. The zero-order valence-electron chi connectivity index (χ0n) is 31.7. The monoisotopic (exact) mass is 720 g/mol. The van der Waals surface area contributed by atoms with E-state index in [0.717, 1.165) is 11.3 Å². The SMILES string of the molecule is CC.CC.CC(F)(F)C(=O)O.CCC.CCC(N)C(=O)Nc1cc(-c2cc(-c3ccccc3O)nc(N)c2C#N)ccc1N(C)Cc1ccccc1. The summed E-state index contributed by atoms with van der Waals surface area (Å²) >= 11 is 0. The molecule has 1 atom stereocenters. The molecule has 0 saturated carbocycles. The van der Waals surface area contributed by atoms with Crippen molar-refractivity contribution < 1.29 is 28.6 Å². The number of carboxylic acids is 1. The van der Waals surface area contributed by atoms with Gasteiger partial charge in [-0.15, -0.1) is 0 Å². The van der Waals surface area contributed by atoms with Crippen LogP contribution >= 0.6 is 0 Å². The van der Waals surface area contributed by atoms with Gasteiger partial charge in [-0.05, 0) is 47.9 Å². The number of phenolic OH excluding ortho intramolecular Hbond substituents is 1. The summed E-state index contributed by atoms with van der Waals surface area (Å²) in [4.78, 5) is 28.5. The van der Waals surface area contributed by atoms with Crippen LogP contribution in [0, 0.1) is 11.3 Å². The minimum Gasteiger partial charge on any atom is -0.507 e. The van der Waals surface area contributed by atoms with Crippen molar-refractivity contribution in [1.29, 1.82) is 5.26 Å². The quantitative estimate of drug-likeness (QED) is 0.113. The number of nitrogens with two attached hydrogens (primary N) is 2. The predicted molar refractivity (Wildman–Crippen MR) is 208 cm³/mol. The minimum absolute atomic E-state index is 0.0483. The maximum atomic E-state index is 12.8. The molecule has 0 aliphatic rings. The number of para-hydroxylation sites is 1. The molecule has 0 saturated heterocycles. The number of aromatic hydroxyl groups is 1. The summed E-state index contributed by atoms with van der Waals surface area (Å²) in [5, 5.41) is 30.7. The molecule has 0 fully saturated rings. The lowest BCUT2D eigenvalue weighted by molar-refractivity contribution is -0.161. The van der Waals surface area contributed by atoms with Crippen LogP contribution in [0.1, 0.15) is 79.4 Å². The standard InChI is InChI=1S/C30H30N6O2.C3H4F2O2.C3H8.2C2H6/c1-3-24(32)30(38)35-26-15-20(13-14-27(26)36(2)18-19-9-5-4-6-10-19)22-16-25(34-29(33)23(22)17-31)21-11-7-8-12-28(21)37;1-3(4,5)2(6)7;1-3-2;2*1-2/h4-16,24,37H,3,18,32H2,1-2H3,(H2,33,34)(H,35,38);1H3,(H,6,7);3H2,1-2H3;2*1-2H3. The van der Waals surface area contributed by atoms with Gasteiger partial charge in [0.25, 0.3) is 0 Å². The fourth-order valence-corrected chi connectivity index (χ4v) is 4.23. The second-order valence-corrected chi connectivity index (χ2v) is 10.9. The first-order chi connectivity index (χ1) is 24.7. The van der Waals surface area contributed by atoms with E-state index >= 15 is 0 Å². The number of carbonyl (C=O) groups excluding carboxylic acids is 1. The van der Waals surface area contributed by atoms with Gasteiger partial charge in [-0.1, -0.05) is 103 Å². The van der Waals surface area contributed by atoms with Crippen molar-refractivity contribution in [3.63, 3.8) is 0 Å². The van der Waals surface area contributed by atoms with Crippen LogP contribution in [0.4, 0.5) is 26.0 Å². The zero-order valence-corrected chi connectivity index (χ0v) is 31.7. The second kappa shape index (κ2) is 23.8. The van der Waals surface area contributed by atoms with E-state index in [1.807, 2.05) is 89.0 Å². The maximum absolute atomic E-state index is 12.8. The average Bonchev–Trinajstić information content (AvgIpc) is 3.13. The van der Waals surface area contributed by atoms with Gasteiger partial charge in [0.2, 0.25) is 5.91 Å². The first-order valence-corrected chi connectivity index (χ1v) is 17.2. The number of aromatic nitrogens is 1. The fraction of sp³-hybridized carbons (Fsp3) is 0.350. The average molecular weight is 721 g/mol. The van der Waals surface area contributed by atoms with Gasteiger partial charge in [0.1, 0.15) is 23.2 Å². The Morgan fingerprint density at radius 1 is 0.962 bits per heavy atom. The van der Waals surface area contributed by atoms with Crippen LogP contribution in [0.25, 0.3) is 22.4 Å². The van der Waals surface area contributed by atoms with Crippen molar-refractivity contribution in [3.05, 3.63) is 90.0 Å². The van der Waals surface area contributed by atoms with Crippen LogP contribution in [0.3, 0.4) is 0 Å². The molecule has 0 radical (unpaired) electrons. The number of anilines is 3. The molecule has 1 heterocycles. The molecule has 0 spiro atoms. The Bertz CT molecular complexity index is 1720. The van der Waals surface area contributed by atoms with Crippen LogP contribution in [0.15, 0.2) is 78.9 Å². The molecule has 52 heavy (non-hydrogen) atoms. The van der Waals surface area contributed by atoms with Gasteiger partial charge < -0.3 is 31.9 Å². The molecule has 1 aromatic heterocycles. The van der Waals surface area contributed by atoms with Crippen LogP contribution in [0.2, 0.25) is 0 Å². The van der Waals surface area contributed by atoms with Gasteiger partial charge in [-0.3, -0.25) is 4.79 Å². The number of nitriles is 1. The molecule has 0 aliphatic carbocycles. The lowest BCUT2D eigenvalue weighted by atomic mass is 9.97. The highest BCUT2D eigenvalue weighted by molar-refractivity contribution is 5.99. The van der Waals surface area contributed by atoms with E-state index in [4.69, 9.17) is 16.6 Å². The van der Waals surface area contributed by atoms with Crippen molar-refractivity contribution in [1.82, 2.24) is 4.98 Å². The summed E-state index contributed by atoms with van der Waals surface area (Å²) in [6, 6.07) is 25.6. The lowest BCUT2D eigenvalue weighted by Crippen LogP contribution is -2.35. The van der Waals surface area contributed by atoms with Gasteiger partial charge in [-0.2, -0.15) is 14.0 Å². The molecule has 1 amide bonds. The highest BCUT2D eigenvalue weighted by Gasteiger charge is 2.31. The highest BCUT2D eigenvalue weighted by Crippen LogP contribution is 2.37. The Morgan fingerprint density at radius 2 is 1.50 bits per heavy atom. The van der Waals surface area contributed by atoms with E-state index in [2.05, 4.69) is 30.2 Å². The Labute approximate surface area is 307 Å². The van der Waals surface area contributed by atoms with Crippen molar-refractivity contribution in [2.45, 2.75) is 86.7 Å². The number of amides is 1. The molecule has 0 bridgehead atoms. The van der Waals surface area contributed by atoms with E-state index in [0.29, 0.717) is 48.0 Å². The summed E-state index contributed by atoms with van der Waals surface area (Å²) in [7, 11) is 1.94. The van der Waals surface area contributed by atoms with Gasteiger partial charge in [0.05, 0.1) is 23.1 Å². The number of nitrogens with zero attached hydrogens (tertiary/aromatic N) is 3. The number of carbonyl (C=O) groups is 2. The number of hydrogen-bond donors (Lipinski definition) is 5. The number of nitrogens with one attached hydrogen (secondary N) is 1. The van der Waals surface area contributed by atoms with Gasteiger partial charge in [-0.25, -0.2) is 9.78 Å². The van der Waals surface area contributed by atoms with Crippen molar-refractivity contribution in [2.24, 2.45) is 5.73 Å². The van der Waals surface area contributed by atoms with Crippen LogP contribution < -0.4 is 21.7 Å². The number of benzene rings is 3. The fourth-order valence-electron chi connectivity index (χ4n) is 4.23. The molecule has 0 aliphatic heterocycles. The van der Waals surface area contributed by atoms with E-state index in [9.17, 15) is 28.7 Å². The molecule has 4 aromatic rings. The van der Waals surface area contributed by atoms with Crippen LogP contribution in [0.5, 0.6) is 5.75 Å². The summed E-state index contributed by atoms with van der Waals surface area (Å²) < 4.78 is 22.5. The maximum Gasteiger partial charge on any atom is 0.374 e. The Morgan fingerprint density at radius 3 is 2.00 bits per heavy atom. The number of halogens is 2. The summed E-state index contributed by atoms with van der Waals surface area (Å²) in [5.41, 5.74) is 17.0. The highest BCUT2D eigenvalue weighted by atomic mass is 19.3. The number of hydrogen-bond acceptors (Lipinski definition) is 8. The first-order valence-electron chi connectivity index (χ1n) is 17.2. The van der Waals surface area contributed by atoms with E-state index in [1.165, 1.54) is 6.42 Å². The topological polar surface area (TPSA) is 179 Å². The van der Waals surface area contributed by atoms with Crippen molar-refractivity contribution in [2.75, 3.05) is 23.0 Å². The summed E-state index contributed by atoms with van der Waals surface area (Å²) in [6.07, 6.45) is 1.74. The molecule has 3 aromatic carbocycles. The number of aliphatic carboxylic acids is 1. The molecule has 1 unspecified atom stereocenters. The van der Waals surface area contributed by atoms with Gasteiger partial charge in [0.15, 0.2) is 0 Å². The third-order valence-corrected chi connectivity index (χ3v) is 6.73. The Hall–Kier alpha value is -5.54. The molecule has 10 nitrogen and oxygen atoms in total. The van der Waals surface area contributed by atoms with E-state index in [1.54, 1.807) is 36.4 Å². The number of nitrogen functional groups attached to an aromatic ring is 1. The Balaban J connectivity index is 0.00000160. The number of pyridine rings is 1. The Kier molecular flexibility index (Phi) is 21.3. The molecule has 7 N–H and O–H groups in total. The minimum atomic E-state index is -3.58. The normalized spacial score (nSPS) is 10.4. The largest absolute Gasteiger partial charge is 0.507 e. The first kappa shape index (κ1) is 46.5. The molecule has 4 rings (SSSR count). The molecular formula is C40H54F2N6O4. The zero-order chi connectivity index (χ0) is 40.0. The van der Waals surface area contributed by atoms with Gasteiger partial charge in [0, 0.05) is 31.6 Å². The van der Waals surface area contributed by atoms with Crippen molar-refractivity contribution in [3.8, 4) is 34.2 Å². The van der Waals surface area contributed by atoms with Crippen LogP contribution in [-0.4, -0.2) is 46.1 Å². The number of rotatable bonds is 9. The smallest absolute Gasteiger partial charge is 0.374 e. The van der Waals surface area contributed by atoms with E-state index < -0.39 is 17.9 Å². The molecular weight excluding hydrogens is 666 g/mol. The predicted octanol–water partition coefficient (Wildman–Crippen LogP) is 9.08. The number of phenols is 1. The molecule has 12 heteroatoms. The van der Waals surface area contributed by atoms with Crippen LogP contribution in [-0.2, 0) is 16.1 Å². The summed E-state index contributed by atoms with van der Waals surface area (Å²) in [6.45, 7) is 15.0. The van der Waals surface area contributed by atoms with E-state index in [-0.39, 0.29) is 23.0 Å². The second-order valence-electron chi connectivity index (χ2n) is 10.9. The van der Waals surface area contributed by atoms with Crippen molar-refractivity contribution >= 4 is 29.1 Å². The number of carboxylic acid groups (broad SMARTS) is 1. The number of alkyl halides is 2. The molecule has 282 valence electrons. The third-order valence-electron chi connectivity index (χ3n) is 6.73. The lowest BCUT2D eigenvalue weighted by Gasteiger charge is -2.24. The van der Waals surface area contributed by atoms with Gasteiger partial charge >= 0.3 is 11.9 Å².